The summed E-state index contributed by atoms with van der Waals surface area (Å²) in [6.45, 7) is 1.89. The number of anilines is 1. The maximum Gasteiger partial charge on any atom is 0.321 e. The van der Waals surface area contributed by atoms with Gasteiger partial charge in [-0.05, 0) is 30.7 Å². The van der Waals surface area contributed by atoms with E-state index in [1.54, 1.807) is 6.07 Å². The molecule has 0 aliphatic rings. The number of thiazole rings is 1. The van der Waals surface area contributed by atoms with Crippen molar-refractivity contribution in [3.8, 4) is 0 Å². The predicted octanol–water partition coefficient (Wildman–Crippen LogP) is 4.83. The van der Waals surface area contributed by atoms with Crippen molar-refractivity contribution >= 4 is 44.3 Å². The van der Waals surface area contributed by atoms with Crippen molar-refractivity contribution in [2.24, 2.45) is 0 Å². The number of benzene rings is 2. The molecule has 0 radical (unpaired) electrons. The molecular weight excluding hydrogens is 318 g/mol. The first-order valence-corrected chi connectivity index (χ1v) is 8.00. The minimum atomic E-state index is -0.300. The van der Waals surface area contributed by atoms with Gasteiger partial charge in [0.1, 0.15) is 0 Å². The number of nitrogens with zero attached hydrogens (tertiary/aromatic N) is 1. The largest absolute Gasteiger partial charge is 0.331 e. The smallest absolute Gasteiger partial charge is 0.321 e. The number of hydrogen-bond acceptors (Lipinski definition) is 3. The second-order valence-electron chi connectivity index (χ2n) is 4.83. The number of halogens is 1. The van der Waals surface area contributed by atoms with Crippen LogP contribution in [0.25, 0.3) is 10.2 Å². The molecule has 2 amide bonds. The average molecular weight is 332 g/mol. The van der Waals surface area contributed by atoms with Gasteiger partial charge in [0.2, 0.25) is 0 Å². The van der Waals surface area contributed by atoms with Crippen LogP contribution >= 0.6 is 22.9 Å². The molecule has 0 bridgehead atoms. The van der Waals surface area contributed by atoms with E-state index in [0.717, 1.165) is 15.8 Å². The highest BCUT2D eigenvalue weighted by molar-refractivity contribution is 7.22. The summed E-state index contributed by atoms with van der Waals surface area (Å²) in [6, 6.07) is 14.7. The van der Waals surface area contributed by atoms with Crippen molar-refractivity contribution in [2.45, 2.75) is 13.0 Å². The van der Waals surface area contributed by atoms with Crippen LogP contribution in [0.4, 0.5) is 9.93 Å². The fourth-order valence-electron chi connectivity index (χ4n) is 2.16. The number of aromatic nitrogens is 1. The fraction of sp³-hybridized carbons (Fsp3) is 0.125. The highest BCUT2D eigenvalue weighted by Crippen LogP contribution is 2.26. The van der Waals surface area contributed by atoms with E-state index in [0.29, 0.717) is 10.2 Å². The summed E-state index contributed by atoms with van der Waals surface area (Å²) in [5, 5.41) is 6.84. The number of nitrogens with one attached hydrogen (secondary N) is 2. The Kier molecular flexibility index (Phi) is 4.27. The van der Waals surface area contributed by atoms with Gasteiger partial charge < -0.3 is 5.32 Å². The van der Waals surface area contributed by atoms with Gasteiger partial charge in [-0.25, -0.2) is 9.78 Å². The lowest BCUT2D eigenvalue weighted by atomic mass is 10.1. The molecule has 22 heavy (non-hydrogen) atoms. The number of amides is 2. The van der Waals surface area contributed by atoms with Crippen LogP contribution in [0.1, 0.15) is 18.5 Å². The standard InChI is InChI=1S/C16H14ClN3OS/c1-10(11-6-2-3-7-12(11)17)18-15(21)20-16-19-13-8-4-5-9-14(13)22-16/h2-10H,1H3,(H2,18,19,20,21)/t10-/m0/s1. The first kappa shape index (κ1) is 14.8. The van der Waals surface area contributed by atoms with Crippen LogP contribution in [0.3, 0.4) is 0 Å². The summed E-state index contributed by atoms with van der Waals surface area (Å²) >= 11 is 7.58. The second-order valence-corrected chi connectivity index (χ2v) is 6.27. The van der Waals surface area contributed by atoms with E-state index in [9.17, 15) is 4.79 Å². The van der Waals surface area contributed by atoms with Gasteiger partial charge in [-0.1, -0.05) is 53.3 Å². The molecule has 0 spiro atoms. The Hall–Kier alpha value is -2.11. The number of hydrogen-bond donors (Lipinski definition) is 2. The molecule has 0 saturated carbocycles. The van der Waals surface area contributed by atoms with E-state index in [2.05, 4.69) is 15.6 Å². The lowest BCUT2D eigenvalue weighted by Gasteiger charge is -2.15. The van der Waals surface area contributed by atoms with Crippen molar-refractivity contribution in [3.05, 3.63) is 59.1 Å². The number of para-hydroxylation sites is 1. The topological polar surface area (TPSA) is 54.0 Å². The number of carbonyl (C=O) groups is 1. The molecule has 3 rings (SSSR count). The highest BCUT2D eigenvalue weighted by Gasteiger charge is 2.13. The Morgan fingerprint density at radius 3 is 2.68 bits per heavy atom. The van der Waals surface area contributed by atoms with Crippen LogP contribution in [-0.2, 0) is 0 Å². The number of rotatable bonds is 3. The molecule has 2 aromatic carbocycles. The Labute approximate surface area is 137 Å². The molecule has 0 fully saturated rings. The minimum absolute atomic E-state index is 0.192. The number of fused-ring (bicyclic) bond motifs is 1. The molecule has 0 aliphatic heterocycles. The second kappa shape index (κ2) is 6.34. The zero-order chi connectivity index (χ0) is 15.5. The van der Waals surface area contributed by atoms with E-state index >= 15 is 0 Å². The number of urea groups is 1. The van der Waals surface area contributed by atoms with Crippen molar-refractivity contribution in [3.63, 3.8) is 0 Å². The van der Waals surface area contributed by atoms with Crippen molar-refractivity contribution in [2.75, 3.05) is 5.32 Å². The molecule has 112 valence electrons. The maximum atomic E-state index is 12.1. The fourth-order valence-corrected chi connectivity index (χ4v) is 3.32. The molecule has 4 nitrogen and oxygen atoms in total. The summed E-state index contributed by atoms with van der Waals surface area (Å²) in [6.07, 6.45) is 0. The zero-order valence-electron chi connectivity index (χ0n) is 11.8. The van der Waals surface area contributed by atoms with Crippen LogP contribution in [0.15, 0.2) is 48.5 Å². The quantitative estimate of drug-likeness (QED) is 0.722. The predicted molar refractivity (Wildman–Crippen MR) is 91.6 cm³/mol. The molecule has 3 aromatic rings. The summed E-state index contributed by atoms with van der Waals surface area (Å²) < 4.78 is 1.04. The van der Waals surface area contributed by atoms with Crippen molar-refractivity contribution < 1.29 is 4.79 Å². The molecular formula is C16H14ClN3OS. The summed E-state index contributed by atoms with van der Waals surface area (Å²) in [5.41, 5.74) is 1.76. The average Bonchev–Trinajstić information content (AvgIpc) is 2.89. The summed E-state index contributed by atoms with van der Waals surface area (Å²) in [5.74, 6) is 0. The molecule has 0 unspecified atom stereocenters. The molecule has 1 heterocycles. The van der Waals surface area contributed by atoms with Crippen molar-refractivity contribution in [1.29, 1.82) is 0 Å². The number of carbonyl (C=O) groups excluding carboxylic acids is 1. The van der Waals surface area contributed by atoms with Gasteiger partial charge >= 0.3 is 6.03 Å². The van der Waals surface area contributed by atoms with Gasteiger partial charge in [0.25, 0.3) is 0 Å². The monoisotopic (exact) mass is 331 g/mol. The van der Waals surface area contributed by atoms with Gasteiger partial charge in [0.05, 0.1) is 16.3 Å². The molecule has 6 heteroatoms. The Bertz CT molecular complexity index is 785. The Balaban J connectivity index is 1.68. The van der Waals surface area contributed by atoms with Crippen LogP contribution in [0, 0.1) is 0 Å². The van der Waals surface area contributed by atoms with Crippen molar-refractivity contribution in [1.82, 2.24) is 10.3 Å². The molecule has 2 N–H and O–H groups in total. The first-order chi connectivity index (χ1) is 10.6. The first-order valence-electron chi connectivity index (χ1n) is 6.81. The maximum absolute atomic E-state index is 12.1. The van der Waals surface area contributed by atoms with E-state index in [1.807, 2.05) is 49.4 Å². The Morgan fingerprint density at radius 1 is 1.18 bits per heavy atom. The highest BCUT2D eigenvalue weighted by atomic mass is 35.5. The lowest BCUT2D eigenvalue weighted by Crippen LogP contribution is -2.31. The third kappa shape index (κ3) is 3.21. The summed E-state index contributed by atoms with van der Waals surface area (Å²) in [4.78, 5) is 16.5. The van der Waals surface area contributed by atoms with Gasteiger partial charge in [0, 0.05) is 5.02 Å². The normalized spacial score (nSPS) is 12.1. The van der Waals surface area contributed by atoms with E-state index in [4.69, 9.17) is 11.6 Å². The van der Waals surface area contributed by atoms with Crippen LogP contribution in [-0.4, -0.2) is 11.0 Å². The molecule has 0 saturated heterocycles. The third-order valence-corrected chi connectivity index (χ3v) is 4.53. The summed E-state index contributed by atoms with van der Waals surface area (Å²) in [7, 11) is 0. The molecule has 1 aromatic heterocycles. The third-order valence-electron chi connectivity index (χ3n) is 3.23. The lowest BCUT2D eigenvalue weighted by molar-refractivity contribution is 0.249. The SMILES string of the molecule is C[C@H](NC(=O)Nc1nc2ccccc2s1)c1ccccc1Cl. The van der Waals surface area contributed by atoms with Gasteiger partial charge in [0.15, 0.2) is 5.13 Å². The van der Waals surface area contributed by atoms with E-state index in [-0.39, 0.29) is 12.1 Å². The Morgan fingerprint density at radius 2 is 1.91 bits per heavy atom. The van der Waals surface area contributed by atoms with Crippen LogP contribution in [0.5, 0.6) is 0 Å². The van der Waals surface area contributed by atoms with Gasteiger partial charge in [-0.2, -0.15) is 0 Å². The van der Waals surface area contributed by atoms with Crippen LogP contribution < -0.4 is 10.6 Å². The van der Waals surface area contributed by atoms with Crippen LogP contribution in [0.2, 0.25) is 5.02 Å². The molecule has 1 atom stereocenters. The van der Waals surface area contributed by atoms with E-state index < -0.39 is 0 Å². The minimum Gasteiger partial charge on any atom is -0.331 e. The molecule has 0 aliphatic carbocycles. The van der Waals surface area contributed by atoms with Gasteiger partial charge in [-0.3, -0.25) is 5.32 Å². The van der Waals surface area contributed by atoms with E-state index in [1.165, 1.54) is 11.3 Å². The zero-order valence-corrected chi connectivity index (χ0v) is 13.4. The van der Waals surface area contributed by atoms with Gasteiger partial charge in [-0.15, -0.1) is 0 Å².